The molecule has 0 saturated carbocycles. The van der Waals surface area contributed by atoms with Crippen molar-refractivity contribution in [3.8, 4) is 0 Å². The number of pyridine rings is 4. The first kappa shape index (κ1) is 65.4. The minimum absolute atomic E-state index is 0.00586. The van der Waals surface area contributed by atoms with Gasteiger partial charge in [0.2, 0.25) is 16.3 Å². The van der Waals surface area contributed by atoms with Gasteiger partial charge in [-0.3, -0.25) is 33.8 Å². The van der Waals surface area contributed by atoms with Crippen molar-refractivity contribution in [1.29, 1.82) is 0 Å². The van der Waals surface area contributed by atoms with E-state index in [0.29, 0.717) is 39.8 Å². The Morgan fingerprint density at radius 3 is 1.04 bits per heavy atom. The molecule has 4 aromatic heterocycles. The molecule has 93 heavy (non-hydrogen) atoms. The maximum atomic E-state index is 15.0. The molecule has 0 fully saturated rings. The molecule has 19 nitrogen and oxygen atoms in total. The van der Waals surface area contributed by atoms with Gasteiger partial charge >= 0.3 is 17.9 Å². The number of carboxylic acids is 3. The first-order valence-corrected chi connectivity index (χ1v) is 28.7. The number of aromatic nitrogens is 4. The van der Waals surface area contributed by atoms with E-state index >= 15 is 8.78 Å². The number of hydrogen-bond acceptors (Lipinski definition) is 10. The van der Waals surface area contributed by atoms with Crippen molar-refractivity contribution in [2.24, 2.45) is 5.92 Å². The number of benzene rings is 7. The van der Waals surface area contributed by atoms with Crippen LogP contribution in [0.15, 0.2) is 215 Å². The minimum Gasteiger partial charge on any atom is -0.477 e. The van der Waals surface area contributed by atoms with Gasteiger partial charge in [-0.2, -0.15) is 0 Å². The fourth-order valence-electron chi connectivity index (χ4n) is 10.4. The Bertz CT molecular complexity index is 4680. The zero-order valence-electron chi connectivity index (χ0n) is 50.5. The van der Waals surface area contributed by atoms with Gasteiger partial charge in [-0.25, -0.2) is 27.6 Å². The smallest absolute Gasteiger partial charge is 0.341 e. The number of hydrogen-bond donors (Lipinski definition) is 3. The predicted octanol–water partition coefficient (Wildman–Crippen LogP) is 11.5. The van der Waals surface area contributed by atoms with Crippen molar-refractivity contribution in [1.82, 2.24) is 18.7 Å². The third kappa shape index (κ3) is 14.3. The number of aromatic carboxylic acids is 3. The van der Waals surface area contributed by atoms with Crippen LogP contribution < -0.4 is 31.0 Å². The van der Waals surface area contributed by atoms with Gasteiger partial charge in [-0.1, -0.05) is 105 Å². The highest BCUT2D eigenvalue weighted by molar-refractivity contribution is 6.09. The van der Waals surface area contributed by atoms with Gasteiger partial charge in [0, 0.05) is 105 Å². The maximum absolute atomic E-state index is 15.0. The summed E-state index contributed by atoms with van der Waals surface area (Å²) in [6.07, 6.45) is 6.96. The fraction of sp³-hybridized carbons (Fsp3) is 0.127. The third-order valence-corrected chi connectivity index (χ3v) is 15.0. The predicted molar refractivity (Wildman–Crippen MR) is 347 cm³/mol. The summed E-state index contributed by atoms with van der Waals surface area (Å²) in [5, 5.41) is 28.1. The summed E-state index contributed by atoms with van der Waals surface area (Å²) in [4.78, 5) is 119. The van der Waals surface area contributed by atoms with Crippen molar-refractivity contribution < 1.29 is 57.3 Å². The number of anilines is 3. The van der Waals surface area contributed by atoms with Crippen molar-refractivity contribution in [3.05, 3.63) is 293 Å². The van der Waals surface area contributed by atoms with E-state index in [1.54, 1.807) is 129 Å². The second-order valence-electron chi connectivity index (χ2n) is 21.8. The molecule has 0 aliphatic rings. The average molecular weight is 1260 g/mol. The van der Waals surface area contributed by atoms with Crippen molar-refractivity contribution in [2.45, 2.75) is 33.5 Å². The van der Waals surface area contributed by atoms with Gasteiger partial charge < -0.3 is 43.7 Å². The molecule has 11 aromatic rings. The van der Waals surface area contributed by atoms with Crippen LogP contribution in [0, 0.1) is 23.4 Å². The summed E-state index contributed by atoms with van der Waals surface area (Å²) >= 11 is 0. The van der Waals surface area contributed by atoms with Gasteiger partial charge in [0.25, 0.3) is 17.7 Å². The minimum atomic E-state index is -1.40. The highest BCUT2D eigenvalue weighted by Crippen LogP contribution is 2.30. The van der Waals surface area contributed by atoms with E-state index in [9.17, 15) is 62.9 Å². The first-order chi connectivity index (χ1) is 44.4. The molecule has 0 aliphatic carbocycles. The van der Waals surface area contributed by atoms with E-state index in [2.05, 4.69) is 4.98 Å². The van der Waals surface area contributed by atoms with E-state index in [1.165, 1.54) is 67.7 Å². The van der Waals surface area contributed by atoms with Crippen LogP contribution in [0.5, 0.6) is 0 Å². The Kier molecular flexibility index (Phi) is 19.8. The Hall–Kier alpha value is -12.1. The van der Waals surface area contributed by atoms with E-state index in [4.69, 9.17) is 0 Å². The largest absolute Gasteiger partial charge is 0.477 e. The molecule has 7 aromatic carbocycles. The highest BCUT2D eigenvalue weighted by atomic mass is 19.1. The lowest BCUT2D eigenvalue weighted by Gasteiger charge is -2.21. The van der Waals surface area contributed by atoms with Gasteiger partial charge in [-0.15, -0.1) is 0 Å². The van der Waals surface area contributed by atoms with Crippen LogP contribution in [0.1, 0.15) is 87.1 Å². The summed E-state index contributed by atoms with van der Waals surface area (Å²) in [6.45, 7) is 4.78. The van der Waals surface area contributed by atoms with Gasteiger partial charge in [0.15, 0.2) is 0 Å². The van der Waals surface area contributed by atoms with E-state index in [1.807, 2.05) is 44.2 Å². The van der Waals surface area contributed by atoms with Crippen molar-refractivity contribution >= 4 is 85.4 Å². The highest BCUT2D eigenvalue weighted by Gasteiger charge is 2.26. The number of amides is 3. The molecule has 0 bridgehead atoms. The van der Waals surface area contributed by atoms with Crippen LogP contribution in [0.4, 0.5) is 30.2 Å². The summed E-state index contributed by atoms with van der Waals surface area (Å²) in [7, 11) is 4.34. The quantitative estimate of drug-likeness (QED) is 0.0865. The number of rotatable bonds is 15. The third-order valence-electron chi connectivity index (χ3n) is 15.0. The molecule has 3 N–H and O–H groups in total. The number of fused-ring (bicyclic) bond motifs is 3. The Labute approximate surface area is 527 Å². The number of nitrogens with zero attached hydrogens (tertiary/aromatic N) is 7. The van der Waals surface area contributed by atoms with Crippen molar-refractivity contribution in [2.75, 3.05) is 35.8 Å². The molecule has 0 radical (unpaired) electrons. The van der Waals surface area contributed by atoms with Crippen LogP contribution in [0.2, 0.25) is 0 Å². The van der Waals surface area contributed by atoms with E-state index < -0.39 is 86.1 Å². The molecule has 0 aliphatic heterocycles. The van der Waals surface area contributed by atoms with Gasteiger partial charge in [0.05, 0.1) is 33.6 Å². The molecule has 0 unspecified atom stereocenters. The molecule has 11 rings (SSSR count). The molecule has 0 spiro atoms. The van der Waals surface area contributed by atoms with Crippen molar-refractivity contribution in [3.63, 3.8) is 0 Å². The lowest BCUT2D eigenvalue weighted by Crippen LogP contribution is -2.27. The van der Waals surface area contributed by atoms with E-state index in [0.717, 1.165) is 34.2 Å². The maximum Gasteiger partial charge on any atom is 0.341 e. The zero-order chi connectivity index (χ0) is 66.9. The van der Waals surface area contributed by atoms with Crippen LogP contribution in [0.3, 0.4) is 0 Å². The average Bonchev–Trinajstić information content (AvgIpc) is 0.786. The molecule has 4 heterocycles. The number of carbonyl (C=O) groups excluding carboxylic acids is 3. The molecule has 3 amide bonds. The molecule has 22 heteroatoms. The topological polar surface area (TPSA) is 252 Å². The number of halogens is 3. The molecule has 0 saturated heterocycles. The SMILES string of the molecule is CC(C)Cn1cc(C(=O)O)c(=O)c2cc(F)c(N(C)C(=O)c3ccccc3)cc21.CN(C(=O)c1ccccc1)c1cc2c(cc1F)c(=O)c(C(=O)O)cn2Cc1ccccc1.CN(C(=O)c1ccccc1)c1cc2c(cc1F)c(=O)c(C(=O)O)cn2Cc1cccnc1. The standard InChI is InChI=1S/C25H19FN2O4.C24H18FN3O4.C22H21FN2O4/c1-27(24(30)17-10-6-3-7-11-17)22-13-21-18(12-20(22)26)23(29)19(25(31)32)15-28(21)14-16-8-4-2-5-9-16;1-27(23(30)16-7-3-2-4-8-16)21-11-20-17(10-19(21)25)22(29)18(24(31)32)14-28(20)13-15-6-5-9-26-12-15;1-13(2)11-25-12-16(22(28)29)20(26)15-9-17(23)19(10-18(15)25)24(3)21(27)14-7-5-4-6-8-14/h2-13,15H,14H2,1H3,(H,31,32);2-12,14H,13H2,1H3,(H,31,32);4-10,12-13H,11H2,1-3H3,(H,28,29). The molecule has 0 atom stereocenters. The summed E-state index contributed by atoms with van der Waals surface area (Å²) < 4.78 is 49.7. The molecule has 470 valence electrons. The number of carboxylic acid groups (broad SMARTS) is 3. The number of carbonyl (C=O) groups is 6. The lowest BCUT2D eigenvalue weighted by molar-refractivity contribution is 0.0684. The molecular formula is C71H58F3N7O12. The Morgan fingerprint density at radius 1 is 0.430 bits per heavy atom. The van der Waals surface area contributed by atoms with Crippen LogP contribution in [-0.2, 0) is 19.6 Å². The van der Waals surface area contributed by atoms with Crippen LogP contribution in [0.25, 0.3) is 32.7 Å². The fourth-order valence-corrected chi connectivity index (χ4v) is 10.4. The first-order valence-electron chi connectivity index (χ1n) is 28.7. The summed E-state index contributed by atoms with van der Waals surface area (Å²) in [5.41, 5.74) is 0.0784. The Balaban J connectivity index is 0.000000165. The zero-order valence-corrected chi connectivity index (χ0v) is 50.5. The summed E-state index contributed by atoms with van der Waals surface area (Å²) in [5.74, 6) is -7.63. The summed E-state index contributed by atoms with van der Waals surface area (Å²) in [6, 6.07) is 45.3. The second-order valence-corrected chi connectivity index (χ2v) is 21.8. The Morgan fingerprint density at radius 2 is 0.731 bits per heavy atom. The normalized spacial score (nSPS) is 10.9. The second kappa shape index (κ2) is 28.2. The lowest BCUT2D eigenvalue weighted by atomic mass is 10.1. The van der Waals surface area contributed by atoms with Crippen LogP contribution >= 0.6 is 0 Å². The van der Waals surface area contributed by atoms with Crippen LogP contribution in [-0.4, -0.2) is 90.8 Å². The monoisotopic (exact) mass is 1260 g/mol. The van der Waals surface area contributed by atoms with Gasteiger partial charge in [-0.05, 0) is 95.9 Å². The van der Waals surface area contributed by atoms with E-state index in [-0.39, 0.29) is 52.2 Å². The molecular weight excluding hydrogens is 1200 g/mol. The van der Waals surface area contributed by atoms with Gasteiger partial charge in [0.1, 0.15) is 34.1 Å².